The maximum atomic E-state index is 10.5. The Labute approximate surface area is 86.3 Å². The van der Waals surface area contributed by atoms with E-state index in [1.54, 1.807) is 0 Å². The van der Waals surface area contributed by atoms with Gasteiger partial charge in [-0.05, 0) is 52.3 Å². The zero-order valence-electron chi connectivity index (χ0n) is 7.17. The van der Waals surface area contributed by atoms with Gasteiger partial charge in [-0.3, -0.25) is 4.79 Å². The molecule has 0 saturated heterocycles. The van der Waals surface area contributed by atoms with Crippen LogP contribution >= 0.6 is 22.6 Å². The molecule has 0 fully saturated rings. The van der Waals surface area contributed by atoms with Crippen molar-refractivity contribution in [1.29, 1.82) is 0 Å². The molecule has 0 aliphatic rings. The zero-order valence-corrected chi connectivity index (χ0v) is 9.33. The summed E-state index contributed by atoms with van der Waals surface area (Å²) < 4.78 is 1.13. The summed E-state index contributed by atoms with van der Waals surface area (Å²) in [6.45, 7) is 4.25. The fraction of sp³-hybridized carbons (Fsp3) is 0.300. The Morgan fingerprint density at radius 1 is 1.33 bits per heavy atom. The predicted molar refractivity (Wildman–Crippen MR) is 58.6 cm³/mol. The van der Waals surface area contributed by atoms with E-state index in [4.69, 9.17) is 0 Å². The van der Waals surface area contributed by atoms with Gasteiger partial charge in [0, 0.05) is 9.13 Å². The van der Waals surface area contributed by atoms with E-state index in [2.05, 4.69) is 42.5 Å². The van der Waals surface area contributed by atoms with Crippen LogP contribution in [0.25, 0.3) is 0 Å². The molecule has 0 aliphatic carbocycles. The van der Waals surface area contributed by atoms with Crippen molar-refractivity contribution in [3.63, 3.8) is 0 Å². The molecule has 0 bridgehead atoms. The first-order chi connectivity index (χ1) is 5.63. The third kappa shape index (κ3) is 2.30. The first-order valence-electron chi connectivity index (χ1n) is 3.89. The van der Waals surface area contributed by atoms with Crippen molar-refractivity contribution in [2.45, 2.75) is 19.8 Å². The van der Waals surface area contributed by atoms with E-state index in [-0.39, 0.29) is 0 Å². The normalized spacial score (nSPS) is 10.3. The molecule has 1 rings (SSSR count). The second kappa shape index (κ2) is 4.03. The number of halogens is 1. The van der Waals surface area contributed by atoms with E-state index in [0.717, 1.165) is 15.4 Å². The van der Waals surface area contributed by atoms with Crippen LogP contribution < -0.4 is 0 Å². The lowest BCUT2D eigenvalue weighted by atomic mass is 10.0. The summed E-state index contributed by atoms with van der Waals surface area (Å²) in [5.74, 6) is 0.485. The van der Waals surface area contributed by atoms with Gasteiger partial charge < -0.3 is 0 Å². The lowest BCUT2D eigenvalue weighted by Crippen LogP contribution is -1.91. The molecule has 12 heavy (non-hydrogen) atoms. The van der Waals surface area contributed by atoms with Crippen molar-refractivity contribution in [3.05, 3.63) is 32.9 Å². The number of hydrogen-bond donors (Lipinski definition) is 0. The van der Waals surface area contributed by atoms with Gasteiger partial charge in [-0.1, -0.05) is 13.8 Å². The van der Waals surface area contributed by atoms with Crippen LogP contribution in [-0.2, 0) is 0 Å². The van der Waals surface area contributed by atoms with Crippen molar-refractivity contribution in [1.82, 2.24) is 0 Å². The van der Waals surface area contributed by atoms with Gasteiger partial charge in [0.05, 0.1) is 0 Å². The van der Waals surface area contributed by atoms with Gasteiger partial charge >= 0.3 is 0 Å². The van der Waals surface area contributed by atoms with Gasteiger partial charge in [-0.2, -0.15) is 0 Å². The second-order valence-electron chi connectivity index (χ2n) is 3.09. The maximum absolute atomic E-state index is 10.5. The molecule has 0 aromatic heterocycles. The lowest BCUT2D eigenvalue weighted by molar-refractivity contribution is 0.112. The Morgan fingerprint density at radius 3 is 2.50 bits per heavy atom. The number of carbonyl (C=O) groups excluding carboxylic acids is 1. The largest absolute Gasteiger partial charge is 0.298 e. The number of rotatable bonds is 2. The molecule has 64 valence electrons. The third-order valence-electron chi connectivity index (χ3n) is 1.75. The summed E-state index contributed by atoms with van der Waals surface area (Å²) in [5.41, 5.74) is 2.00. The van der Waals surface area contributed by atoms with E-state index in [1.807, 2.05) is 12.1 Å². The molecule has 0 spiro atoms. The quantitative estimate of drug-likeness (QED) is 0.597. The highest BCUT2D eigenvalue weighted by molar-refractivity contribution is 14.1. The minimum atomic E-state index is 0.485. The SMILES string of the molecule is CC(C)c1cc(I)cc(C=O)c1. The predicted octanol–water partition coefficient (Wildman–Crippen LogP) is 3.23. The fourth-order valence-corrected chi connectivity index (χ4v) is 1.76. The fourth-order valence-electron chi connectivity index (χ4n) is 1.04. The molecule has 0 heterocycles. The van der Waals surface area contributed by atoms with Gasteiger partial charge in [-0.15, -0.1) is 0 Å². The van der Waals surface area contributed by atoms with Gasteiger partial charge in [0.1, 0.15) is 6.29 Å². The molecular formula is C10H11IO. The second-order valence-corrected chi connectivity index (χ2v) is 4.34. The smallest absolute Gasteiger partial charge is 0.150 e. The minimum Gasteiger partial charge on any atom is -0.298 e. The number of benzene rings is 1. The summed E-state index contributed by atoms with van der Waals surface area (Å²) in [6, 6.07) is 5.94. The molecule has 0 N–H and O–H groups in total. The van der Waals surface area contributed by atoms with Crippen LogP contribution in [0.3, 0.4) is 0 Å². The number of aldehydes is 1. The summed E-state index contributed by atoms with van der Waals surface area (Å²) in [7, 11) is 0. The van der Waals surface area contributed by atoms with Crippen LogP contribution in [-0.4, -0.2) is 6.29 Å². The molecule has 2 heteroatoms. The van der Waals surface area contributed by atoms with Crippen molar-refractivity contribution in [2.24, 2.45) is 0 Å². The third-order valence-corrected chi connectivity index (χ3v) is 2.37. The van der Waals surface area contributed by atoms with Gasteiger partial charge in [0.2, 0.25) is 0 Å². The van der Waals surface area contributed by atoms with Crippen LogP contribution in [0.15, 0.2) is 18.2 Å². The zero-order chi connectivity index (χ0) is 9.14. The average molecular weight is 274 g/mol. The molecule has 0 unspecified atom stereocenters. The van der Waals surface area contributed by atoms with E-state index >= 15 is 0 Å². The molecule has 0 aliphatic heterocycles. The molecule has 0 radical (unpaired) electrons. The van der Waals surface area contributed by atoms with Gasteiger partial charge in [0.15, 0.2) is 0 Å². The summed E-state index contributed by atoms with van der Waals surface area (Å²) in [5, 5.41) is 0. The van der Waals surface area contributed by atoms with Crippen LogP contribution in [0.5, 0.6) is 0 Å². The first-order valence-corrected chi connectivity index (χ1v) is 4.97. The van der Waals surface area contributed by atoms with Crippen LogP contribution in [0.4, 0.5) is 0 Å². The molecule has 1 aromatic carbocycles. The van der Waals surface area contributed by atoms with Crippen LogP contribution in [0.2, 0.25) is 0 Å². The van der Waals surface area contributed by atoms with E-state index in [0.29, 0.717) is 5.92 Å². The maximum Gasteiger partial charge on any atom is 0.150 e. The van der Waals surface area contributed by atoms with E-state index < -0.39 is 0 Å². The highest BCUT2D eigenvalue weighted by Crippen LogP contribution is 2.18. The van der Waals surface area contributed by atoms with Crippen LogP contribution in [0, 0.1) is 3.57 Å². The Balaban J connectivity index is 3.14. The number of carbonyl (C=O) groups is 1. The molecular weight excluding hydrogens is 263 g/mol. The highest BCUT2D eigenvalue weighted by atomic mass is 127. The topological polar surface area (TPSA) is 17.1 Å². The molecule has 0 atom stereocenters. The van der Waals surface area contributed by atoms with E-state index in [1.165, 1.54) is 5.56 Å². The average Bonchev–Trinajstić information content (AvgIpc) is 2.03. The molecule has 1 aromatic rings. The Hall–Kier alpha value is -0.380. The number of hydrogen-bond acceptors (Lipinski definition) is 1. The summed E-state index contributed by atoms with van der Waals surface area (Å²) >= 11 is 2.23. The first kappa shape index (κ1) is 9.71. The standard InChI is InChI=1S/C10H11IO/c1-7(2)9-3-8(6-12)4-10(11)5-9/h3-7H,1-2H3. The Morgan fingerprint density at radius 2 is 2.00 bits per heavy atom. The van der Waals surface area contributed by atoms with Gasteiger partial charge in [0.25, 0.3) is 0 Å². The van der Waals surface area contributed by atoms with E-state index in [9.17, 15) is 4.79 Å². The van der Waals surface area contributed by atoms with Crippen molar-refractivity contribution >= 4 is 28.9 Å². The molecule has 0 amide bonds. The summed E-state index contributed by atoms with van der Waals surface area (Å²) in [4.78, 5) is 10.5. The van der Waals surface area contributed by atoms with Crippen LogP contribution in [0.1, 0.15) is 35.7 Å². The Kier molecular flexibility index (Phi) is 3.26. The lowest BCUT2D eigenvalue weighted by Gasteiger charge is -2.06. The summed E-state index contributed by atoms with van der Waals surface area (Å²) in [6.07, 6.45) is 0.897. The molecule has 1 nitrogen and oxygen atoms in total. The highest BCUT2D eigenvalue weighted by Gasteiger charge is 2.01. The molecule has 0 saturated carbocycles. The Bertz CT molecular complexity index is 292. The van der Waals surface area contributed by atoms with Crippen molar-refractivity contribution in [3.8, 4) is 0 Å². The van der Waals surface area contributed by atoms with Crippen molar-refractivity contribution in [2.75, 3.05) is 0 Å². The van der Waals surface area contributed by atoms with Crippen molar-refractivity contribution < 1.29 is 4.79 Å². The van der Waals surface area contributed by atoms with Gasteiger partial charge in [-0.25, -0.2) is 0 Å². The minimum absolute atomic E-state index is 0.485. The monoisotopic (exact) mass is 274 g/mol.